The van der Waals surface area contributed by atoms with E-state index < -0.39 is 17.9 Å². The van der Waals surface area contributed by atoms with E-state index >= 15 is 0 Å². The molecule has 6 nitrogen and oxygen atoms in total. The summed E-state index contributed by atoms with van der Waals surface area (Å²) in [4.78, 5) is 24.8. The summed E-state index contributed by atoms with van der Waals surface area (Å²) in [6.07, 6.45) is 0. The maximum absolute atomic E-state index is 12.6. The van der Waals surface area contributed by atoms with Gasteiger partial charge in [-0.3, -0.25) is 0 Å². The quantitative estimate of drug-likeness (QED) is 0.705. The van der Waals surface area contributed by atoms with Crippen LogP contribution >= 0.6 is 0 Å². The van der Waals surface area contributed by atoms with E-state index in [1.54, 1.807) is 43.3 Å². The SMILES string of the molecule is CCOC(=O)C1=C(N)NC(c2ccccc2)=C(C(=O)O)C1c1ccccc1. The fourth-order valence-electron chi connectivity index (χ4n) is 3.19. The zero-order chi connectivity index (χ0) is 19.4. The first-order valence-electron chi connectivity index (χ1n) is 8.56. The summed E-state index contributed by atoms with van der Waals surface area (Å²) in [6, 6.07) is 18.0. The molecule has 1 atom stereocenters. The van der Waals surface area contributed by atoms with Crippen molar-refractivity contribution in [2.24, 2.45) is 5.73 Å². The molecule has 4 N–H and O–H groups in total. The molecule has 2 aromatic carbocycles. The molecular weight excluding hydrogens is 344 g/mol. The van der Waals surface area contributed by atoms with E-state index in [4.69, 9.17) is 10.5 Å². The lowest BCUT2D eigenvalue weighted by Crippen LogP contribution is -2.35. The Bertz CT molecular complexity index is 918. The van der Waals surface area contributed by atoms with Gasteiger partial charge >= 0.3 is 11.9 Å². The number of rotatable bonds is 5. The average molecular weight is 364 g/mol. The second-order valence-corrected chi connectivity index (χ2v) is 5.98. The van der Waals surface area contributed by atoms with Gasteiger partial charge in [0.05, 0.1) is 29.4 Å². The number of carbonyl (C=O) groups is 2. The Morgan fingerprint density at radius 3 is 2.19 bits per heavy atom. The van der Waals surface area contributed by atoms with E-state index in [2.05, 4.69) is 5.32 Å². The van der Waals surface area contributed by atoms with Crippen LogP contribution < -0.4 is 11.1 Å². The van der Waals surface area contributed by atoms with E-state index in [0.717, 1.165) is 0 Å². The van der Waals surface area contributed by atoms with Crippen LogP contribution in [-0.4, -0.2) is 23.7 Å². The van der Waals surface area contributed by atoms with Crippen molar-refractivity contribution < 1.29 is 19.4 Å². The third-order valence-electron chi connectivity index (χ3n) is 4.32. The lowest BCUT2D eigenvalue weighted by molar-refractivity contribution is -0.138. The van der Waals surface area contributed by atoms with Crippen LogP contribution in [0.15, 0.2) is 77.6 Å². The third-order valence-corrected chi connectivity index (χ3v) is 4.32. The van der Waals surface area contributed by atoms with E-state index in [0.29, 0.717) is 16.8 Å². The zero-order valence-electron chi connectivity index (χ0n) is 14.8. The van der Waals surface area contributed by atoms with Crippen molar-refractivity contribution in [3.63, 3.8) is 0 Å². The molecule has 0 bridgehead atoms. The molecule has 2 aromatic rings. The maximum Gasteiger partial charge on any atom is 0.338 e. The van der Waals surface area contributed by atoms with Crippen molar-refractivity contribution >= 4 is 17.6 Å². The number of benzene rings is 2. The normalized spacial score (nSPS) is 16.7. The van der Waals surface area contributed by atoms with Gasteiger partial charge in [-0.05, 0) is 18.1 Å². The van der Waals surface area contributed by atoms with Crippen LogP contribution in [0, 0.1) is 0 Å². The van der Waals surface area contributed by atoms with Gasteiger partial charge in [0.15, 0.2) is 0 Å². The summed E-state index contributed by atoms with van der Waals surface area (Å²) < 4.78 is 5.14. The van der Waals surface area contributed by atoms with Crippen LogP contribution in [-0.2, 0) is 14.3 Å². The number of hydrogen-bond acceptors (Lipinski definition) is 5. The van der Waals surface area contributed by atoms with Crippen molar-refractivity contribution in [2.45, 2.75) is 12.8 Å². The van der Waals surface area contributed by atoms with Gasteiger partial charge in [0.2, 0.25) is 0 Å². The summed E-state index contributed by atoms with van der Waals surface area (Å²) in [5, 5.41) is 12.9. The summed E-state index contributed by atoms with van der Waals surface area (Å²) in [5.74, 6) is -2.53. The van der Waals surface area contributed by atoms with Gasteiger partial charge in [0.25, 0.3) is 0 Å². The van der Waals surface area contributed by atoms with Crippen LogP contribution in [0.3, 0.4) is 0 Å². The van der Waals surface area contributed by atoms with Crippen LogP contribution in [0.25, 0.3) is 5.70 Å². The molecule has 0 fully saturated rings. The number of nitrogens with one attached hydrogen (secondary N) is 1. The Morgan fingerprint density at radius 1 is 1.04 bits per heavy atom. The number of dihydropyridines is 1. The molecule has 0 spiro atoms. The number of carbonyl (C=O) groups excluding carboxylic acids is 1. The van der Waals surface area contributed by atoms with Gasteiger partial charge in [-0.25, -0.2) is 9.59 Å². The Hall–Kier alpha value is -3.54. The second-order valence-electron chi connectivity index (χ2n) is 5.98. The monoisotopic (exact) mass is 364 g/mol. The van der Waals surface area contributed by atoms with Gasteiger partial charge < -0.3 is 20.9 Å². The molecule has 0 saturated carbocycles. The van der Waals surface area contributed by atoms with Gasteiger partial charge in [-0.1, -0.05) is 60.7 Å². The first kappa shape index (κ1) is 18.3. The lowest BCUT2D eigenvalue weighted by Gasteiger charge is -2.30. The number of nitrogens with two attached hydrogens (primary N) is 1. The van der Waals surface area contributed by atoms with Crippen molar-refractivity contribution in [2.75, 3.05) is 6.61 Å². The summed E-state index contributed by atoms with van der Waals surface area (Å²) in [7, 11) is 0. The van der Waals surface area contributed by atoms with Gasteiger partial charge in [-0.2, -0.15) is 0 Å². The van der Waals surface area contributed by atoms with E-state index in [-0.39, 0.29) is 23.6 Å². The molecule has 0 radical (unpaired) electrons. The highest BCUT2D eigenvalue weighted by Crippen LogP contribution is 2.40. The predicted octanol–water partition coefficient (Wildman–Crippen LogP) is 2.60. The maximum atomic E-state index is 12.6. The smallest absolute Gasteiger partial charge is 0.338 e. The summed E-state index contributed by atoms with van der Waals surface area (Å²) >= 11 is 0. The Balaban J connectivity index is 2.26. The van der Waals surface area contributed by atoms with Gasteiger partial charge in [-0.15, -0.1) is 0 Å². The highest BCUT2D eigenvalue weighted by Gasteiger charge is 2.39. The second kappa shape index (κ2) is 7.78. The standard InChI is InChI=1S/C21H20N2O4/c1-2-27-21(26)17-15(13-9-5-3-6-10-13)16(20(24)25)18(23-19(17)22)14-11-7-4-8-12-14/h3-12,15,23H,2,22H2,1H3,(H,24,25). The lowest BCUT2D eigenvalue weighted by atomic mass is 9.80. The Morgan fingerprint density at radius 2 is 1.63 bits per heavy atom. The van der Waals surface area contributed by atoms with E-state index in [9.17, 15) is 14.7 Å². The number of aliphatic carboxylic acids is 1. The molecule has 27 heavy (non-hydrogen) atoms. The molecule has 1 aliphatic heterocycles. The fraction of sp³-hybridized carbons (Fsp3) is 0.143. The van der Waals surface area contributed by atoms with Gasteiger partial charge in [0.1, 0.15) is 5.82 Å². The molecule has 6 heteroatoms. The van der Waals surface area contributed by atoms with Crippen molar-refractivity contribution in [3.8, 4) is 0 Å². The molecule has 0 saturated heterocycles. The minimum absolute atomic E-state index is 0.0460. The minimum atomic E-state index is -1.13. The molecule has 0 amide bonds. The first-order chi connectivity index (χ1) is 13.0. The molecule has 138 valence electrons. The number of ether oxygens (including phenoxy) is 1. The number of carboxylic acids is 1. The fourth-order valence-corrected chi connectivity index (χ4v) is 3.19. The topological polar surface area (TPSA) is 102 Å². The first-order valence-corrected chi connectivity index (χ1v) is 8.56. The highest BCUT2D eigenvalue weighted by molar-refractivity contribution is 6.04. The number of hydrogen-bond donors (Lipinski definition) is 3. The summed E-state index contributed by atoms with van der Waals surface area (Å²) in [6.45, 7) is 1.85. The number of esters is 1. The molecule has 1 aliphatic rings. The Kier molecular flexibility index (Phi) is 5.26. The van der Waals surface area contributed by atoms with E-state index in [1.807, 2.05) is 24.3 Å². The Labute approximate surface area is 157 Å². The van der Waals surface area contributed by atoms with Crippen LogP contribution in [0.4, 0.5) is 0 Å². The third kappa shape index (κ3) is 3.55. The molecule has 0 aromatic heterocycles. The van der Waals surface area contributed by atoms with Crippen LogP contribution in [0.2, 0.25) is 0 Å². The predicted molar refractivity (Wildman–Crippen MR) is 101 cm³/mol. The van der Waals surface area contributed by atoms with Crippen molar-refractivity contribution in [1.29, 1.82) is 0 Å². The number of carboxylic acid groups (broad SMARTS) is 1. The minimum Gasteiger partial charge on any atom is -0.478 e. The van der Waals surface area contributed by atoms with Crippen LogP contribution in [0.1, 0.15) is 24.0 Å². The molecular formula is C21H20N2O4. The van der Waals surface area contributed by atoms with E-state index in [1.165, 1.54) is 0 Å². The average Bonchev–Trinajstić information content (AvgIpc) is 2.68. The highest BCUT2D eigenvalue weighted by atomic mass is 16.5. The van der Waals surface area contributed by atoms with Crippen molar-refractivity contribution in [1.82, 2.24) is 5.32 Å². The zero-order valence-corrected chi connectivity index (χ0v) is 14.8. The molecule has 1 unspecified atom stereocenters. The summed E-state index contributed by atoms with van der Waals surface area (Å²) in [5.41, 5.74) is 7.99. The molecule has 0 aliphatic carbocycles. The van der Waals surface area contributed by atoms with Gasteiger partial charge in [0, 0.05) is 0 Å². The van der Waals surface area contributed by atoms with Crippen molar-refractivity contribution in [3.05, 3.63) is 88.8 Å². The molecule has 1 heterocycles. The van der Waals surface area contributed by atoms with Crippen LogP contribution in [0.5, 0.6) is 0 Å². The molecule has 3 rings (SSSR count). The largest absolute Gasteiger partial charge is 0.478 e.